The summed E-state index contributed by atoms with van der Waals surface area (Å²) in [7, 11) is 1.70. The Hall–Kier alpha value is -1.54. The van der Waals surface area contributed by atoms with Crippen molar-refractivity contribution in [2.24, 2.45) is 11.7 Å². The van der Waals surface area contributed by atoms with Crippen molar-refractivity contribution in [2.45, 2.75) is 38.1 Å². The maximum atomic E-state index is 6.40. The first-order valence-electron chi connectivity index (χ1n) is 7.59. The molecule has 2 N–H and O–H groups in total. The van der Waals surface area contributed by atoms with Gasteiger partial charge in [-0.15, -0.1) is 0 Å². The predicted octanol–water partition coefficient (Wildman–Crippen LogP) is 4.43. The number of ether oxygens (including phenoxy) is 1. The van der Waals surface area contributed by atoms with Crippen LogP contribution in [0.1, 0.15) is 43.7 Å². The summed E-state index contributed by atoms with van der Waals surface area (Å²) < 4.78 is 5.26. The summed E-state index contributed by atoms with van der Waals surface area (Å²) in [6, 6.07) is 12.9. The maximum absolute atomic E-state index is 6.40. The van der Waals surface area contributed by atoms with E-state index in [1.807, 2.05) is 6.07 Å². The molecule has 1 aliphatic carbocycles. The molecule has 0 bridgehead atoms. The Morgan fingerprint density at radius 3 is 2.55 bits per heavy atom. The molecule has 0 aromatic heterocycles. The molecule has 0 spiro atoms. The second-order valence-corrected chi connectivity index (χ2v) is 5.97. The van der Waals surface area contributed by atoms with Crippen LogP contribution in [-0.4, -0.2) is 7.11 Å². The molecule has 0 aliphatic heterocycles. The summed E-state index contributed by atoms with van der Waals surface area (Å²) in [6.07, 6.45) is 6.61. The number of nitrogens with two attached hydrogens (primary N) is 1. The van der Waals surface area contributed by atoms with E-state index >= 15 is 0 Å². The SMILES string of the molecule is COc1ccc2cc(C(N)CC3CCCC3)ccc2c1. The Bertz CT molecular complexity index is 587. The molecule has 3 rings (SSSR count). The molecule has 2 heteroatoms. The van der Waals surface area contributed by atoms with Crippen molar-refractivity contribution in [3.63, 3.8) is 0 Å². The van der Waals surface area contributed by atoms with Crippen molar-refractivity contribution < 1.29 is 4.74 Å². The quantitative estimate of drug-likeness (QED) is 0.891. The van der Waals surface area contributed by atoms with Crippen LogP contribution in [0.5, 0.6) is 5.75 Å². The van der Waals surface area contributed by atoms with E-state index in [4.69, 9.17) is 10.5 Å². The van der Waals surface area contributed by atoms with Gasteiger partial charge in [-0.05, 0) is 46.9 Å². The summed E-state index contributed by atoms with van der Waals surface area (Å²) in [5.74, 6) is 1.73. The zero-order valence-electron chi connectivity index (χ0n) is 12.1. The molecule has 20 heavy (non-hydrogen) atoms. The standard InChI is InChI=1S/C18H23NO/c1-20-17-9-8-14-11-16(7-6-15(14)12-17)18(19)10-13-4-2-3-5-13/h6-9,11-13,18H,2-5,10,19H2,1H3. The number of methoxy groups -OCH3 is 1. The molecule has 1 aliphatic rings. The first-order valence-corrected chi connectivity index (χ1v) is 7.59. The van der Waals surface area contributed by atoms with Gasteiger partial charge in [0, 0.05) is 6.04 Å². The molecule has 1 unspecified atom stereocenters. The summed E-state index contributed by atoms with van der Waals surface area (Å²) in [5, 5.41) is 2.45. The number of benzene rings is 2. The van der Waals surface area contributed by atoms with Crippen molar-refractivity contribution in [3.05, 3.63) is 42.0 Å². The molecule has 2 aromatic rings. The summed E-state index contributed by atoms with van der Waals surface area (Å²) in [5.41, 5.74) is 7.66. The first kappa shape index (κ1) is 13.4. The van der Waals surface area contributed by atoms with Gasteiger partial charge in [-0.2, -0.15) is 0 Å². The number of hydrogen-bond donors (Lipinski definition) is 1. The lowest BCUT2D eigenvalue weighted by molar-refractivity contribution is 0.415. The summed E-state index contributed by atoms with van der Waals surface area (Å²) in [6.45, 7) is 0. The van der Waals surface area contributed by atoms with Gasteiger partial charge in [0.1, 0.15) is 5.75 Å². The van der Waals surface area contributed by atoms with Crippen LogP contribution in [0.3, 0.4) is 0 Å². The first-order chi connectivity index (χ1) is 9.76. The van der Waals surface area contributed by atoms with Gasteiger partial charge in [0.15, 0.2) is 0 Å². The van der Waals surface area contributed by atoms with Crippen LogP contribution in [0.2, 0.25) is 0 Å². The largest absolute Gasteiger partial charge is 0.497 e. The topological polar surface area (TPSA) is 35.2 Å². The molecule has 1 fully saturated rings. The van der Waals surface area contributed by atoms with Gasteiger partial charge in [0.05, 0.1) is 7.11 Å². The van der Waals surface area contributed by atoms with E-state index in [1.165, 1.54) is 42.0 Å². The van der Waals surface area contributed by atoms with Gasteiger partial charge in [-0.3, -0.25) is 0 Å². The predicted molar refractivity (Wildman–Crippen MR) is 84.0 cm³/mol. The van der Waals surface area contributed by atoms with Crippen LogP contribution < -0.4 is 10.5 Å². The summed E-state index contributed by atoms with van der Waals surface area (Å²) >= 11 is 0. The minimum absolute atomic E-state index is 0.171. The highest BCUT2D eigenvalue weighted by atomic mass is 16.5. The average Bonchev–Trinajstić information content (AvgIpc) is 2.99. The Kier molecular flexibility index (Phi) is 3.93. The van der Waals surface area contributed by atoms with E-state index in [2.05, 4.69) is 30.3 Å². The lowest BCUT2D eigenvalue weighted by atomic mass is 9.93. The van der Waals surface area contributed by atoms with E-state index in [0.29, 0.717) is 0 Å². The minimum atomic E-state index is 0.171. The van der Waals surface area contributed by atoms with Crippen LogP contribution in [0.25, 0.3) is 10.8 Å². The van der Waals surface area contributed by atoms with Crippen LogP contribution in [-0.2, 0) is 0 Å². The smallest absolute Gasteiger partial charge is 0.119 e. The molecule has 2 nitrogen and oxygen atoms in total. The average molecular weight is 269 g/mol. The van der Waals surface area contributed by atoms with Crippen LogP contribution in [0.15, 0.2) is 36.4 Å². The van der Waals surface area contributed by atoms with Gasteiger partial charge in [-0.1, -0.05) is 43.9 Å². The van der Waals surface area contributed by atoms with Crippen molar-refractivity contribution in [2.75, 3.05) is 7.11 Å². The van der Waals surface area contributed by atoms with E-state index in [-0.39, 0.29) is 6.04 Å². The van der Waals surface area contributed by atoms with Gasteiger partial charge in [0.2, 0.25) is 0 Å². The molecule has 2 aromatic carbocycles. The molecule has 0 amide bonds. The second-order valence-electron chi connectivity index (χ2n) is 5.97. The highest BCUT2D eigenvalue weighted by Crippen LogP contribution is 2.33. The third-order valence-electron chi connectivity index (χ3n) is 4.56. The van der Waals surface area contributed by atoms with E-state index in [1.54, 1.807) is 7.11 Å². The number of fused-ring (bicyclic) bond motifs is 1. The third-order valence-corrected chi connectivity index (χ3v) is 4.56. The molecule has 0 saturated heterocycles. The Labute approximate surface area is 120 Å². The fourth-order valence-corrected chi connectivity index (χ4v) is 3.34. The van der Waals surface area contributed by atoms with Crippen LogP contribution in [0, 0.1) is 5.92 Å². The Morgan fingerprint density at radius 2 is 1.80 bits per heavy atom. The third kappa shape index (κ3) is 2.80. The van der Waals surface area contributed by atoms with Gasteiger partial charge < -0.3 is 10.5 Å². The number of rotatable bonds is 4. The van der Waals surface area contributed by atoms with Gasteiger partial charge in [0.25, 0.3) is 0 Å². The second kappa shape index (κ2) is 5.84. The fourth-order valence-electron chi connectivity index (χ4n) is 3.34. The molecule has 0 radical (unpaired) electrons. The zero-order chi connectivity index (χ0) is 13.9. The van der Waals surface area contributed by atoms with Crippen molar-refractivity contribution in [3.8, 4) is 5.75 Å². The Balaban J connectivity index is 1.80. The molecular formula is C18H23NO. The molecule has 106 valence electrons. The van der Waals surface area contributed by atoms with Gasteiger partial charge in [-0.25, -0.2) is 0 Å². The molecular weight excluding hydrogens is 246 g/mol. The normalized spacial score (nSPS) is 17.5. The number of hydrogen-bond acceptors (Lipinski definition) is 2. The van der Waals surface area contributed by atoms with E-state index in [0.717, 1.165) is 18.1 Å². The minimum Gasteiger partial charge on any atom is -0.497 e. The monoisotopic (exact) mass is 269 g/mol. The highest BCUT2D eigenvalue weighted by molar-refractivity contribution is 5.84. The Morgan fingerprint density at radius 1 is 1.10 bits per heavy atom. The van der Waals surface area contributed by atoms with Crippen molar-refractivity contribution in [1.82, 2.24) is 0 Å². The van der Waals surface area contributed by atoms with Crippen LogP contribution >= 0.6 is 0 Å². The lowest BCUT2D eigenvalue weighted by Crippen LogP contribution is -2.14. The maximum Gasteiger partial charge on any atom is 0.119 e. The fraction of sp³-hybridized carbons (Fsp3) is 0.444. The van der Waals surface area contributed by atoms with Crippen molar-refractivity contribution in [1.29, 1.82) is 0 Å². The van der Waals surface area contributed by atoms with Gasteiger partial charge >= 0.3 is 0 Å². The lowest BCUT2D eigenvalue weighted by Gasteiger charge is -2.17. The zero-order valence-corrected chi connectivity index (χ0v) is 12.1. The van der Waals surface area contributed by atoms with E-state index in [9.17, 15) is 0 Å². The summed E-state index contributed by atoms with van der Waals surface area (Å²) in [4.78, 5) is 0. The molecule has 0 heterocycles. The molecule has 1 saturated carbocycles. The van der Waals surface area contributed by atoms with Crippen LogP contribution in [0.4, 0.5) is 0 Å². The van der Waals surface area contributed by atoms with E-state index < -0.39 is 0 Å². The highest BCUT2D eigenvalue weighted by Gasteiger charge is 2.19. The molecule has 1 atom stereocenters. The van der Waals surface area contributed by atoms with Crippen molar-refractivity contribution >= 4 is 10.8 Å².